The Morgan fingerprint density at radius 3 is 2.40 bits per heavy atom. The fourth-order valence-electron chi connectivity index (χ4n) is 2.61. The van der Waals surface area contributed by atoms with E-state index in [2.05, 4.69) is 25.7 Å². The van der Waals surface area contributed by atoms with E-state index >= 15 is 0 Å². The molecule has 1 aromatic rings. The van der Waals surface area contributed by atoms with Gasteiger partial charge in [-0.3, -0.25) is 9.69 Å². The maximum Gasteiger partial charge on any atom is 0.166 e. The predicted molar refractivity (Wildman–Crippen MR) is 84.0 cm³/mol. The first-order valence-corrected chi connectivity index (χ1v) is 7.91. The van der Waals surface area contributed by atoms with E-state index in [0.29, 0.717) is 0 Å². The van der Waals surface area contributed by atoms with E-state index in [0.717, 1.165) is 30.6 Å². The molecule has 1 aromatic carbocycles. The zero-order valence-electron chi connectivity index (χ0n) is 13.0. The zero-order chi connectivity index (χ0) is 14.5. The predicted octanol–water partition coefficient (Wildman–Crippen LogP) is 4.02. The van der Waals surface area contributed by atoms with Crippen LogP contribution in [0.4, 0.5) is 0 Å². The Morgan fingerprint density at radius 2 is 1.85 bits per heavy atom. The highest BCUT2D eigenvalue weighted by atomic mass is 16.1. The third kappa shape index (κ3) is 4.45. The molecule has 0 aliphatic heterocycles. The number of ketones is 1. The van der Waals surface area contributed by atoms with Crippen molar-refractivity contribution in [2.75, 3.05) is 13.1 Å². The Labute approximate surface area is 123 Å². The van der Waals surface area contributed by atoms with Crippen molar-refractivity contribution in [3.8, 4) is 0 Å². The lowest BCUT2D eigenvalue weighted by molar-refractivity contribution is 0.0887. The summed E-state index contributed by atoms with van der Waals surface area (Å²) < 4.78 is 0. The van der Waals surface area contributed by atoms with Crippen LogP contribution in [0.2, 0.25) is 0 Å². The molecule has 0 aromatic heterocycles. The molecule has 20 heavy (non-hydrogen) atoms. The van der Waals surface area contributed by atoms with E-state index < -0.39 is 0 Å². The molecule has 1 unspecified atom stereocenters. The van der Waals surface area contributed by atoms with E-state index in [1.807, 2.05) is 30.3 Å². The number of Topliss-reactive ketones (excluding diaryl/α,β-unsaturated/α-hetero) is 1. The summed E-state index contributed by atoms with van der Waals surface area (Å²) in [6, 6.07) is 10.4. The molecule has 2 rings (SSSR count). The average Bonchev–Trinajstić information content (AvgIpc) is 3.27. The summed E-state index contributed by atoms with van der Waals surface area (Å²) in [6.45, 7) is 8.65. The maximum atomic E-state index is 12.4. The van der Waals surface area contributed by atoms with Crippen molar-refractivity contribution in [2.45, 2.75) is 46.1 Å². The molecule has 0 N–H and O–H groups in total. The SMILES string of the molecule is CC(C)CCN(CC(C)C(=O)c1ccccc1)C1CC1. The van der Waals surface area contributed by atoms with Gasteiger partial charge in [0.2, 0.25) is 0 Å². The molecule has 2 nitrogen and oxygen atoms in total. The van der Waals surface area contributed by atoms with E-state index in [-0.39, 0.29) is 11.7 Å². The molecule has 0 heterocycles. The van der Waals surface area contributed by atoms with Crippen molar-refractivity contribution in [1.29, 1.82) is 0 Å². The second-order valence-electron chi connectivity index (χ2n) is 6.54. The molecule has 1 fully saturated rings. The van der Waals surface area contributed by atoms with Gasteiger partial charge in [0.05, 0.1) is 0 Å². The molecule has 0 spiro atoms. The Balaban J connectivity index is 1.90. The molecule has 1 atom stereocenters. The highest BCUT2D eigenvalue weighted by Crippen LogP contribution is 2.28. The third-order valence-electron chi connectivity index (χ3n) is 4.07. The standard InChI is InChI=1S/C18H27NO/c1-14(2)11-12-19(17-9-10-17)13-15(3)18(20)16-7-5-4-6-8-16/h4-8,14-15,17H,9-13H2,1-3H3. The minimum absolute atomic E-state index is 0.0881. The molecular formula is C18H27NO. The fourth-order valence-corrected chi connectivity index (χ4v) is 2.61. The quantitative estimate of drug-likeness (QED) is 0.667. The molecule has 1 saturated carbocycles. The third-order valence-corrected chi connectivity index (χ3v) is 4.07. The number of hydrogen-bond donors (Lipinski definition) is 0. The molecule has 0 saturated heterocycles. The Hall–Kier alpha value is -1.15. The van der Waals surface area contributed by atoms with Crippen molar-refractivity contribution in [3.63, 3.8) is 0 Å². The minimum Gasteiger partial charge on any atom is -0.300 e. The van der Waals surface area contributed by atoms with Crippen molar-refractivity contribution < 1.29 is 4.79 Å². The lowest BCUT2D eigenvalue weighted by Crippen LogP contribution is -2.35. The van der Waals surface area contributed by atoms with Crippen LogP contribution in [0.5, 0.6) is 0 Å². The van der Waals surface area contributed by atoms with Gasteiger partial charge in [0.1, 0.15) is 0 Å². The number of carbonyl (C=O) groups is 1. The summed E-state index contributed by atoms with van der Waals surface area (Å²) >= 11 is 0. The first-order chi connectivity index (χ1) is 9.58. The van der Waals surface area contributed by atoms with Gasteiger partial charge in [-0.05, 0) is 31.7 Å². The molecule has 0 bridgehead atoms. The largest absolute Gasteiger partial charge is 0.300 e. The molecular weight excluding hydrogens is 246 g/mol. The van der Waals surface area contributed by atoms with Gasteiger partial charge in [-0.2, -0.15) is 0 Å². The summed E-state index contributed by atoms with van der Waals surface area (Å²) in [5, 5.41) is 0. The van der Waals surface area contributed by atoms with Crippen LogP contribution in [0.25, 0.3) is 0 Å². The van der Waals surface area contributed by atoms with E-state index in [1.165, 1.54) is 19.3 Å². The highest BCUT2D eigenvalue weighted by Gasteiger charge is 2.30. The summed E-state index contributed by atoms with van der Waals surface area (Å²) in [6.07, 6.45) is 3.84. The number of benzene rings is 1. The van der Waals surface area contributed by atoms with Gasteiger partial charge in [-0.1, -0.05) is 51.1 Å². The second-order valence-corrected chi connectivity index (χ2v) is 6.54. The van der Waals surface area contributed by atoms with Crippen LogP contribution >= 0.6 is 0 Å². The normalized spacial score (nSPS) is 16.6. The van der Waals surface area contributed by atoms with Gasteiger partial charge in [0, 0.05) is 24.1 Å². The summed E-state index contributed by atoms with van der Waals surface area (Å²) in [4.78, 5) is 15.0. The van der Waals surface area contributed by atoms with Crippen LogP contribution in [0.1, 0.15) is 50.4 Å². The maximum absolute atomic E-state index is 12.4. The minimum atomic E-state index is 0.0881. The Bertz CT molecular complexity index is 422. The first kappa shape index (κ1) is 15.2. The van der Waals surface area contributed by atoms with Crippen LogP contribution in [0, 0.1) is 11.8 Å². The smallest absolute Gasteiger partial charge is 0.166 e. The zero-order valence-corrected chi connectivity index (χ0v) is 13.0. The van der Waals surface area contributed by atoms with Crippen LogP contribution in [0.15, 0.2) is 30.3 Å². The number of nitrogens with zero attached hydrogens (tertiary/aromatic N) is 1. The number of carbonyl (C=O) groups excluding carboxylic acids is 1. The monoisotopic (exact) mass is 273 g/mol. The van der Waals surface area contributed by atoms with Gasteiger partial charge in [0.15, 0.2) is 5.78 Å². The molecule has 1 aliphatic carbocycles. The van der Waals surface area contributed by atoms with Crippen molar-refractivity contribution in [2.24, 2.45) is 11.8 Å². The Morgan fingerprint density at radius 1 is 1.20 bits per heavy atom. The molecule has 0 amide bonds. The van der Waals surface area contributed by atoms with E-state index in [4.69, 9.17) is 0 Å². The lowest BCUT2D eigenvalue weighted by atomic mass is 9.98. The molecule has 1 aliphatic rings. The van der Waals surface area contributed by atoms with Crippen LogP contribution in [0.3, 0.4) is 0 Å². The molecule has 2 heteroatoms. The van der Waals surface area contributed by atoms with Crippen LogP contribution < -0.4 is 0 Å². The summed E-state index contributed by atoms with van der Waals surface area (Å²) in [5.74, 6) is 1.10. The molecule has 110 valence electrons. The van der Waals surface area contributed by atoms with E-state index in [9.17, 15) is 4.79 Å². The van der Waals surface area contributed by atoms with Gasteiger partial charge in [0.25, 0.3) is 0 Å². The first-order valence-electron chi connectivity index (χ1n) is 7.91. The van der Waals surface area contributed by atoms with Crippen LogP contribution in [-0.4, -0.2) is 29.8 Å². The van der Waals surface area contributed by atoms with Crippen molar-refractivity contribution >= 4 is 5.78 Å². The fraction of sp³-hybridized carbons (Fsp3) is 0.611. The number of rotatable bonds is 8. The number of hydrogen-bond acceptors (Lipinski definition) is 2. The van der Waals surface area contributed by atoms with E-state index in [1.54, 1.807) is 0 Å². The van der Waals surface area contributed by atoms with Gasteiger partial charge in [-0.15, -0.1) is 0 Å². The lowest BCUT2D eigenvalue weighted by Gasteiger charge is -2.25. The van der Waals surface area contributed by atoms with Crippen molar-refractivity contribution in [3.05, 3.63) is 35.9 Å². The summed E-state index contributed by atoms with van der Waals surface area (Å²) in [7, 11) is 0. The Kier molecular flexibility index (Phi) is 5.36. The van der Waals surface area contributed by atoms with Crippen molar-refractivity contribution in [1.82, 2.24) is 4.90 Å². The summed E-state index contributed by atoms with van der Waals surface area (Å²) in [5.41, 5.74) is 0.847. The average molecular weight is 273 g/mol. The molecule has 0 radical (unpaired) electrons. The highest BCUT2D eigenvalue weighted by molar-refractivity contribution is 5.97. The van der Waals surface area contributed by atoms with Crippen LogP contribution in [-0.2, 0) is 0 Å². The topological polar surface area (TPSA) is 20.3 Å². The van der Waals surface area contributed by atoms with Gasteiger partial charge < -0.3 is 0 Å². The van der Waals surface area contributed by atoms with Gasteiger partial charge in [-0.25, -0.2) is 0 Å². The van der Waals surface area contributed by atoms with Gasteiger partial charge >= 0.3 is 0 Å². The second kappa shape index (κ2) is 7.03.